The molecule has 0 saturated carbocycles. The van der Waals surface area contributed by atoms with Gasteiger partial charge in [-0.1, -0.05) is 22.9 Å². The highest BCUT2D eigenvalue weighted by Crippen LogP contribution is 2.23. The van der Waals surface area contributed by atoms with Crippen molar-refractivity contribution in [3.63, 3.8) is 0 Å². The number of ether oxygens (including phenoxy) is 1. The number of rotatable bonds is 5. The summed E-state index contributed by atoms with van der Waals surface area (Å²) < 4.78 is 6.24. The molecule has 4 nitrogen and oxygen atoms in total. The minimum Gasteiger partial charge on any atom is -0.479 e. The van der Waals surface area contributed by atoms with Crippen LogP contribution in [0.25, 0.3) is 0 Å². The second kappa shape index (κ2) is 5.86. The van der Waals surface area contributed by atoms with Crippen molar-refractivity contribution in [3.8, 4) is 5.75 Å². The van der Waals surface area contributed by atoms with Gasteiger partial charge in [0.05, 0.1) is 0 Å². The first-order valence-corrected chi connectivity index (χ1v) is 5.75. The molecule has 1 atom stereocenters. The Morgan fingerprint density at radius 1 is 1.62 bits per heavy atom. The molecule has 0 aliphatic heterocycles. The van der Waals surface area contributed by atoms with Crippen LogP contribution in [0.4, 0.5) is 0 Å². The number of halogens is 1. The van der Waals surface area contributed by atoms with Crippen molar-refractivity contribution < 1.29 is 14.6 Å². The number of nitrogens with two attached hydrogens (primary N) is 1. The van der Waals surface area contributed by atoms with E-state index in [4.69, 9.17) is 15.6 Å². The maximum Gasteiger partial charge on any atom is 0.344 e. The lowest BCUT2D eigenvalue weighted by molar-refractivity contribution is -0.145. The molecule has 0 fully saturated rings. The average Bonchev–Trinajstić information content (AvgIpc) is 2.27. The first-order valence-electron chi connectivity index (χ1n) is 4.96. The van der Waals surface area contributed by atoms with Gasteiger partial charge in [-0.2, -0.15) is 0 Å². The van der Waals surface area contributed by atoms with E-state index in [1.165, 1.54) is 0 Å². The molecule has 1 rings (SSSR count). The number of hydrogen-bond acceptors (Lipinski definition) is 3. The summed E-state index contributed by atoms with van der Waals surface area (Å²) in [6.07, 6.45) is -0.393. The predicted octanol–water partition coefficient (Wildman–Crippen LogP) is 2.15. The molecule has 0 saturated heterocycles. The fourth-order valence-corrected chi connectivity index (χ4v) is 1.66. The van der Waals surface area contributed by atoms with Gasteiger partial charge in [-0.05, 0) is 30.2 Å². The molecule has 0 aromatic heterocycles. The lowest BCUT2D eigenvalue weighted by Gasteiger charge is -2.14. The van der Waals surface area contributed by atoms with Gasteiger partial charge in [-0.25, -0.2) is 4.79 Å². The molecule has 1 aromatic carbocycles. The van der Waals surface area contributed by atoms with Crippen molar-refractivity contribution >= 4 is 21.9 Å². The van der Waals surface area contributed by atoms with Gasteiger partial charge in [-0.3, -0.25) is 0 Å². The molecule has 88 valence electrons. The highest BCUT2D eigenvalue weighted by molar-refractivity contribution is 9.10. The maximum atomic E-state index is 10.8. The van der Waals surface area contributed by atoms with Crippen LogP contribution < -0.4 is 10.5 Å². The third-order valence-corrected chi connectivity index (χ3v) is 2.94. The topological polar surface area (TPSA) is 72.5 Å². The van der Waals surface area contributed by atoms with Gasteiger partial charge in [0.15, 0.2) is 6.10 Å². The minimum absolute atomic E-state index is 0.377. The number of carboxylic acids is 1. The van der Waals surface area contributed by atoms with Crippen LogP contribution in [-0.4, -0.2) is 17.2 Å². The van der Waals surface area contributed by atoms with Crippen molar-refractivity contribution in [2.75, 3.05) is 0 Å². The Labute approximate surface area is 103 Å². The van der Waals surface area contributed by atoms with Crippen LogP contribution in [0.3, 0.4) is 0 Å². The fraction of sp³-hybridized carbons (Fsp3) is 0.364. The fourth-order valence-electron chi connectivity index (χ4n) is 1.25. The predicted molar refractivity (Wildman–Crippen MR) is 64.4 cm³/mol. The maximum absolute atomic E-state index is 10.8. The van der Waals surface area contributed by atoms with Crippen LogP contribution in [0.15, 0.2) is 22.7 Å². The van der Waals surface area contributed by atoms with Crippen molar-refractivity contribution in [1.29, 1.82) is 0 Å². The first-order chi connectivity index (χ1) is 7.58. The molecule has 0 bridgehead atoms. The number of carboxylic acid groups (broad SMARTS) is 1. The molecule has 0 radical (unpaired) electrons. The molecule has 0 aliphatic carbocycles. The van der Waals surface area contributed by atoms with E-state index >= 15 is 0 Å². The summed E-state index contributed by atoms with van der Waals surface area (Å²) in [5.41, 5.74) is 6.43. The lowest BCUT2D eigenvalue weighted by atomic mass is 10.2. The molecule has 0 amide bonds. The van der Waals surface area contributed by atoms with E-state index in [1.807, 2.05) is 0 Å². The van der Waals surface area contributed by atoms with Gasteiger partial charge < -0.3 is 15.6 Å². The van der Waals surface area contributed by atoms with Crippen molar-refractivity contribution in [1.82, 2.24) is 0 Å². The number of benzene rings is 1. The van der Waals surface area contributed by atoms with Gasteiger partial charge in [0.1, 0.15) is 5.75 Å². The van der Waals surface area contributed by atoms with Crippen LogP contribution in [0.5, 0.6) is 5.75 Å². The van der Waals surface area contributed by atoms with E-state index < -0.39 is 12.1 Å². The summed E-state index contributed by atoms with van der Waals surface area (Å²) in [5, 5.41) is 8.86. The third-order valence-electron chi connectivity index (χ3n) is 2.16. The Kier molecular flexibility index (Phi) is 4.76. The van der Waals surface area contributed by atoms with E-state index in [2.05, 4.69) is 15.9 Å². The molecule has 0 spiro atoms. The summed E-state index contributed by atoms with van der Waals surface area (Å²) in [5.74, 6) is -0.433. The molecule has 1 aromatic rings. The second-order valence-corrected chi connectivity index (χ2v) is 4.16. The highest BCUT2D eigenvalue weighted by atomic mass is 79.9. The zero-order valence-electron chi connectivity index (χ0n) is 8.94. The minimum atomic E-state index is -0.959. The monoisotopic (exact) mass is 287 g/mol. The summed E-state index contributed by atoms with van der Waals surface area (Å²) >= 11 is 3.35. The second-order valence-electron chi connectivity index (χ2n) is 3.31. The molecular formula is C11H14BrNO3. The zero-order chi connectivity index (χ0) is 12.1. The molecule has 5 heteroatoms. The number of carbonyl (C=O) groups is 1. The highest BCUT2D eigenvalue weighted by Gasteiger charge is 2.16. The van der Waals surface area contributed by atoms with E-state index in [0.29, 0.717) is 18.7 Å². The van der Waals surface area contributed by atoms with Crippen LogP contribution in [-0.2, 0) is 11.3 Å². The van der Waals surface area contributed by atoms with E-state index in [-0.39, 0.29) is 0 Å². The van der Waals surface area contributed by atoms with E-state index in [1.54, 1.807) is 25.1 Å². The van der Waals surface area contributed by atoms with Gasteiger partial charge >= 0.3 is 5.97 Å². The first kappa shape index (κ1) is 13.0. The summed E-state index contributed by atoms with van der Waals surface area (Å²) in [6.45, 7) is 2.14. The van der Waals surface area contributed by atoms with Gasteiger partial charge in [0.25, 0.3) is 0 Å². The molecule has 0 aliphatic rings. The Bertz CT molecular complexity index is 381. The Morgan fingerprint density at radius 3 is 2.81 bits per heavy atom. The van der Waals surface area contributed by atoms with Crippen LogP contribution >= 0.6 is 15.9 Å². The number of hydrogen-bond donors (Lipinski definition) is 2. The quantitative estimate of drug-likeness (QED) is 0.870. The summed E-state index contributed by atoms with van der Waals surface area (Å²) in [4.78, 5) is 10.8. The average molecular weight is 288 g/mol. The van der Waals surface area contributed by atoms with Crippen LogP contribution in [0.1, 0.15) is 18.9 Å². The summed E-state index contributed by atoms with van der Waals surface area (Å²) in [6, 6.07) is 5.26. The smallest absolute Gasteiger partial charge is 0.344 e. The van der Waals surface area contributed by atoms with E-state index in [9.17, 15) is 4.79 Å². The Balaban J connectivity index is 2.84. The Hall–Kier alpha value is -1.07. The van der Waals surface area contributed by atoms with Gasteiger partial charge in [-0.15, -0.1) is 0 Å². The van der Waals surface area contributed by atoms with Crippen LogP contribution in [0.2, 0.25) is 0 Å². The molecular weight excluding hydrogens is 274 g/mol. The Morgan fingerprint density at radius 2 is 2.31 bits per heavy atom. The van der Waals surface area contributed by atoms with Crippen molar-refractivity contribution in [2.24, 2.45) is 5.73 Å². The molecule has 16 heavy (non-hydrogen) atoms. The van der Waals surface area contributed by atoms with Crippen LogP contribution in [0, 0.1) is 0 Å². The largest absolute Gasteiger partial charge is 0.479 e. The molecule has 0 heterocycles. The SMILES string of the molecule is CCC(Oc1ccc(Br)c(CN)c1)C(=O)O. The third kappa shape index (κ3) is 3.21. The molecule has 3 N–H and O–H groups in total. The normalized spacial score (nSPS) is 12.2. The van der Waals surface area contributed by atoms with Gasteiger partial charge in [0, 0.05) is 11.0 Å². The number of aliphatic carboxylic acids is 1. The standard InChI is InChI=1S/C11H14BrNO3/c1-2-10(11(14)15)16-8-3-4-9(12)7(5-8)6-13/h3-5,10H,2,6,13H2,1H3,(H,14,15). The van der Waals surface area contributed by atoms with Gasteiger partial charge in [0.2, 0.25) is 0 Å². The lowest BCUT2D eigenvalue weighted by Crippen LogP contribution is -2.25. The van der Waals surface area contributed by atoms with E-state index in [0.717, 1.165) is 10.0 Å². The molecule has 1 unspecified atom stereocenters. The zero-order valence-corrected chi connectivity index (χ0v) is 10.5. The van der Waals surface area contributed by atoms with Crippen molar-refractivity contribution in [3.05, 3.63) is 28.2 Å². The summed E-state index contributed by atoms with van der Waals surface area (Å²) in [7, 11) is 0. The van der Waals surface area contributed by atoms with Crippen molar-refractivity contribution in [2.45, 2.75) is 26.0 Å².